The Morgan fingerprint density at radius 2 is 1.87 bits per heavy atom. The van der Waals surface area contributed by atoms with Crippen molar-refractivity contribution in [1.29, 1.82) is 0 Å². The first kappa shape index (κ1) is 45.1. The Balaban J connectivity index is 0.981. The molecule has 1 atom stereocenters. The minimum Gasteiger partial charge on any atom is -0.455 e. The zero-order valence-corrected chi connectivity index (χ0v) is 40.4. The highest BCUT2D eigenvalue weighted by Gasteiger charge is 2.40. The molecule has 4 aromatic rings. The normalized spacial score (nSPS) is 19.0. The predicted octanol–water partition coefficient (Wildman–Crippen LogP) is 10.3. The molecule has 2 saturated heterocycles. The summed E-state index contributed by atoms with van der Waals surface area (Å²) >= 11 is 4.21. The molecule has 3 N–H and O–H groups in total. The van der Waals surface area contributed by atoms with Crippen molar-refractivity contribution >= 4 is 89.8 Å². The van der Waals surface area contributed by atoms with E-state index in [0.29, 0.717) is 40.4 Å². The van der Waals surface area contributed by atoms with Crippen molar-refractivity contribution in [3.8, 4) is 11.5 Å². The van der Waals surface area contributed by atoms with Crippen LogP contribution in [0.25, 0.3) is 11.0 Å². The molecule has 2 aliphatic heterocycles. The summed E-state index contributed by atoms with van der Waals surface area (Å²) < 4.78 is 57.8. The lowest BCUT2D eigenvalue weighted by Crippen LogP contribution is -2.47. The fourth-order valence-electron chi connectivity index (χ4n) is 9.25. The Morgan fingerprint density at radius 3 is 2.60 bits per heavy atom. The summed E-state index contributed by atoms with van der Waals surface area (Å²) in [5.41, 5.74) is 7.32. The highest BCUT2D eigenvalue weighted by molar-refractivity contribution is 14.2. The Kier molecular flexibility index (Phi) is 14.4. The van der Waals surface area contributed by atoms with Gasteiger partial charge in [-0.25, -0.2) is 22.5 Å². The van der Waals surface area contributed by atoms with Crippen molar-refractivity contribution in [2.75, 3.05) is 64.0 Å². The first-order valence-electron chi connectivity index (χ1n) is 21.7. The Hall–Kier alpha value is -3.46. The molecule has 2 aromatic carbocycles. The molecular formula is C46H56FI2N7O5S. The second-order valence-corrected chi connectivity index (χ2v) is 22.9. The van der Waals surface area contributed by atoms with E-state index < -0.39 is 22.1 Å². The van der Waals surface area contributed by atoms with Crippen LogP contribution in [0.3, 0.4) is 0 Å². The number of carbonyl (C=O) groups excluding carboxylic acids is 1. The molecule has 0 bridgehead atoms. The Bertz CT molecular complexity index is 2410. The molecule has 16 heteroatoms. The number of hydrogen-bond acceptors (Lipinski definition) is 10. The minimum absolute atomic E-state index is 0.0339. The third-order valence-electron chi connectivity index (χ3n) is 13.3. The lowest BCUT2D eigenvalue weighted by Gasteiger charge is -2.47. The molecule has 8 rings (SSSR count). The number of alkyl halides is 1. The van der Waals surface area contributed by atoms with Crippen LogP contribution in [0.2, 0.25) is 0 Å². The number of sulfonamides is 1. The van der Waals surface area contributed by atoms with E-state index in [1.165, 1.54) is 42.9 Å². The summed E-state index contributed by atoms with van der Waals surface area (Å²) in [5.74, 6) is 0.303. The predicted molar refractivity (Wildman–Crippen MR) is 261 cm³/mol. The van der Waals surface area contributed by atoms with Crippen LogP contribution in [-0.4, -0.2) is 87.8 Å². The van der Waals surface area contributed by atoms with Gasteiger partial charge >= 0.3 is 0 Å². The van der Waals surface area contributed by atoms with Crippen molar-refractivity contribution in [1.82, 2.24) is 19.6 Å². The number of amides is 1. The van der Waals surface area contributed by atoms with Gasteiger partial charge in [-0.2, -0.15) is 0 Å². The van der Waals surface area contributed by atoms with Gasteiger partial charge in [-0.3, -0.25) is 11.0 Å². The largest absolute Gasteiger partial charge is 0.455 e. The maximum absolute atomic E-state index is 14.0. The van der Waals surface area contributed by atoms with E-state index in [0.717, 1.165) is 101 Å². The quantitative estimate of drug-likeness (QED) is 0.0566. The molecule has 332 valence electrons. The van der Waals surface area contributed by atoms with Gasteiger partial charge in [0.15, 0.2) is 0 Å². The van der Waals surface area contributed by atoms with Crippen LogP contribution in [0.1, 0.15) is 81.5 Å². The molecule has 2 aromatic heterocycles. The number of aromatic nitrogens is 2. The Morgan fingerprint density at radius 1 is 1.08 bits per heavy atom. The number of halogens is 3. The number of H-pyrrole nitrogens is 1. The van der Waals surface area contributed by atoms with Crippen LogP contribution in [0.5, 0.6) is 11.5 Å². The number of aromatic amines is 1. The number of anilines is 3. The molecule has 3 fully saturated rings. The van der Waals surface area contributed by atoms with Gasteiger partial charge < -0.3 is 24.7 Å². The van der Waals surface area contributed by atoms with Crippen LogP contribution >= 0.6 is 45.7 Å². The van der Waals surface area contributed by atoms with Crippen molar-refractivity contribution in [2.24, 2.45) is 11.3 Å². The Labute approximate surface area is 392 Å². The van der Waals surface area contributed by atoms with Gasteiger partial charge in [0.2, 0.25) is 0 Å². The van der Waals surface area contributed by atoms with Crippen molar-refractivity contribution < 1.29 is 27.1 Å². The number of nitrogens with one attached hydrogen (secondary N) is 3. The van der Waals surface area contributed by atoms with Crippen LogP contribution < -0.4 is 21.0 Å². The minimum atomic E-state index is -4.29. The number of carbonyl (C=O) groups is 1. The van der Waals surface area contributed by atoms with E-state index in [-0.39, 0.29) is 16.2 Å². The smallest absolute Gasteiger partial charge is 0.268 e. The molecule has 4 heterocycles. The van der Waals surface area contributed by atoms with E-state index in [4.69, 9.17) is 9.47 Å². The van der Waals surface area contributed by atoms with Gasteiger partial charge in [-0.1, -0.05) is 24.1 Å². The first-order valence-corrected chi connectivity index (χ1v) is 25.1. The maximum Gasteiger partial charge on any atom is 0.268 e. The van der Waals surface area contributed by atoms with Gasteiger partial charge in [0.25, 0.3) is 15.9 Å². The molecule has 1 unspecified atom stereocenters. The van der Waals surface area contributed by atoms with E-state index >= 15 is 0 Å². The van der Waals surface area contributed by atoms with E-state index in [2.05, 4.69) is 82.1 Å². The van der Waals surface area contributed by atoms with Crippen LogP contribution in [-0.2, 0) is 14.8 Å². The third-order valence-corrected chi connectivity index (χ3v) is 15.7. The van der Waals surface area contributed by atoms with Crippen molar-refractivity contribution in [3.63, 3.8) is 0 Å². The van der Waals surface area contributed by atoms with Crippen LogP contribution in [0.15, 0.2) is 89.1 Å². The monoisotopic (exact) mass is 1090 g/mol. The van der Waals surface area contributed by atoms with E-state index in [1.54, 1.807) is 38.8 Å². The van der Waals surface area contributed by atoms with Crippen LogP contribution in [0.4, 0.5) is 21.5 Å². The molecular weight excluding hydrogens is 1040 g/mol. The number of nitrogens with zero attached hydrogens (tertiary/aromatic N) is 4. The lowest BCUT2D eigenvalue weighted by atomic mass is 9.59. The SMILES string of the molecule is C=C(CCC1=C(CN2CCN(c3ccc(C(=O)NS(=O)(=O)c4ccc(NCC5CCOCC5)c(N(I)I)c4)c(Oc4cnc5[nH]ccc5c4)c3)CC2)CCC2(CCC2)C1)C(C)F. The summed E-state index contributed by atoms with van der Waals surface area (Å²) in [6, 6.07) is 13.9. The van der Waals surface area contributed by atoms with Crippen molar-refractivity contribution in [2.45, 2.75) is 82.2 Å². The number of allylic oxidation sites excluding steroid dienone is 2. The number of benzene rings is 2. The average molecular weight is 1090 g/mol. The fourth-order valence-corrected chi connectivity index (χ4v) is 11.0. The number of pyridine rings is 1. The van der Waals surface area contributed by atoms with Crippen molar-refractivity contribution in [3.05, 3.63) is 89.8 Å². The van der Waals surface area contributed by atoms with Gasteiger partial charge in [0.05, 0.1) is 73.8 Å². The van der Waals surface area contributed by atoms with Crippen LogP contribution in [0, 0.1) is 11.3 Å². The molecule has 4 aliphatic rings. The molecule has 12 nitrogen and oxygen atoms in total. The summed E-state index contributed by atoms with van der Waals surface area (Å²) in [4.78, 5) is 26.3. The third kappa shape index (κ3) is 10.7. The lowest BCUT2D eigenvalue weighted by molar-refractivity contribution is 0.0699. The molecule has 1 spiro atoms. The number of piperazine rings is 1. The summed E-state index contributed by atoms with van der Waals surface area (Å²) in [6.07, 6.45) is 13.4. The number of ether oxygens (including phenoxy) is 2. The first-order chi connectivity index (χ1) is 29.8. The molecule has 1 saturated carbocycles. The van der Waals surface area contributed by atoms with Gasteiger partial charge in [0.1, 0.15) is 23.3 Å². The van der Waals surface area contributed by atoms with Gasteiger partial charge in [-0.05, 0) is 124 Å². The maximum atomic E-state index is 14.0. The average Bonchev–Trinajstić information content (AvgIpc) is 3.73. The summed E-state index contributed by atoms with van der Waals surface area (Å²) in [6.45, 7) is 12.0. The molecule has 1 amide bonds. The summed E-state index contributed by atoms with van der Waals surface area (Å²) in [5, 5.41) is 4.33. The van der Waals surface area contributed by atoms with Gasteiger partial charge in [0, 0.05) is 75.8 Å². The standard InChI is InChI=1S/C46H56FI2N7O5S/c1-31(32(2)47)4-5-35-27-46(14-3-15-46)16-10-36(35)30-54-18-20-55(21-19-54)37-6-8-40(43(25-37)61-38-24-34-11-17-50-44(34)52-29-38)45(57)53-62(58,59)39-7-9-41(42(26-39)56(48)49)51-28-33-12-22-60-23-13-33/h6-9,11,17,24-26,29,32-33,51H,1,3-5,10,12-16,18-23,27-28,30H2,2H3,(H,50,52)(H,53,57). The zero-order valence-electron chi connectivity index (χ0n) is 35.2. The van der Waals surface area contributed by atoms with Gasteiger partial charge in [-0.15, -0.1) is 0 Å². The topological polar surface area (TPSA) is 132 Å². The second kappa shape index (κ2) is 19.7. The van der Waals surface area contributed by atoms with E-state index in [1.807, 2.05) is 24.3 Å². The van der Waals surface area contributed by atoms with E-state index in [9.17, 15) is 17.6 Å². The zero-order chi connectivity index (χ0) is 43.4. The fraction of sp³-hybridized carbons (Fsp3) is 0.478. The molecule has 2 aliphatic carbocycles. The number of rotatable bonds is 16. The summed E-state index contributed by atoms with van der Waals surface area (Å²) in [7, 11) is -4.29. The highest BCUT2D eigenvalue weighted by atomic mass is 127. The molecule has 62 heavy (non-hydrogen) atoms. The highest BCUT2D eigenvalue weighted by Crippen LogP contribution is 2.54. The molecule has 0 radical (unpaired) electrons. The second-order valence-electron chi connectivity index (χ2n) is 17.4. The number of fused-ring (bicyclic) bond motifs is 1. The number of hydrogen-bond donors (Lipinski definition) is 3.